The van der Waals surface area contributed by atoms with Crippen LogP contribution in [0.3, 0.4) is 0 Å². The van der Waals surface area contributed by atoms with Gasteiger partial charge in [-0.05, 0) is 38.1 Å². The highest BCUT2D eigenvalue weighted by Gasteiger charge is 2.08. The minimum absolute atomic E-state index is 0.139. The number of aromatic nitrogens is 6. The fourth-order valence-corrected chi connectivity index (χ4v) is 3.07. The molecule has 0 fully saturated rings. The number of benzene rings is 1. The van der Waals surface area contributed by atoms with E-state index >= 15 is 0 Å². The van der Waals surface area contributed by atoms with E-state index in [2.05, 4.69) is 30.7 Å². The van der Waals surface area contributed by atoms with E-state index in [9.17, 15) is 4.79 Å². The van der Waals surface area contributed by atoms with Crippen LogP contribution >= 0.6 is 0 Å². The summed E-state index contributed by atoms with van der Waals surface area (Å²) < 4.78 is 3.61. The zero-order valence-electron chi connectivity index (χ0n) is 16.8. The summed E-state index contributed by atoms with van der Waals surface area (Å²) >= 11 is 0. The number of aryl methyl sites for hydroxylation is 2. The van der Waals surface area contributed by atoms with Crippen LogP contribution in [-0.2, 0) is 0 Å². The molecule has 3 heterocycles. The molecular formula is C21H22N8O. The lowest BCUT2D eigenvalue weighted by atomic mass is 10.2. The number of nitrogens with one attached hydrogen (secondary N) is 2. The van der Waals surface area contributed by atoms with Crippen LogP contribution in [-0.4, -0.2) is 48.3 Å². The van der Waals surface area contributed by atoms with Gasteiger partial charge in [0.05, 0.1) is 5.69 Å². The van der Waals surface area contributed by atoms with Gasteiger partial charge in [-0.25, -0.2) is 19.6 Å². The van der Waals surface area contributed by atoms with E-state index < -0.39 is 0 Å². The van der Waals surface area contributed by atoms with Crippen LogP contribution in [0, 0.1) is 13.8 Å². The number of nitrogens with zero attached hydrogens (tertiary/aromatic N) is 6. The Kier molecular flexibility index (Phi) is 5.51. The van der Waals surface area contributed by atoms with E-state index in [1.807, 2.05) is 61.1 Å². The quantitative estimate of drug-likeness (QED) is 0.460. The molecule has 0 atom stereocenters. The summed E-state index contributed by atoms with van der Waals surface area (Å²) in [6.45, 7) is 4.74. The third kappa shape index (κ3) is 4.35. The number of hydrogen-bond acceptors (Lipinski definition) is 6. The van der Waals surface area contributed by atoms with Crippen molar-refractivity contribution in [3.8, 4) is 11.5 Å². The van der Waals surface area contributed by atoms with Crippen molar-refractivity contribution in [1.29, 1.82) is 0 Å². The third-order valence-electron chi connectivity index (χ3n) is 4.49. The molecule has 3 aromatic heterocycles. The number of rotatable bonds is 7. The molecule has 0 aliphatic rings. The molecule has 152 valence electrons. The van der Waals surface area contributed by atoms with E-state index in [1.54, 1.807) is 23.1 Å². The number of anilines is 1. The average Bonchev–Trinajstić information content (AvgIpc) is 3.43. The third-order valence-corrected chi connectivity index (χ3v) is 4.49. The molecule has 9 nitrogen and oxygen atoms in total. The standard InChI is InChI=1S/C21H22N8O/c1-15-26-19(14-20(27-15)28-12-10-22-16(28)2)23-8-9-24-21(30)17-5-3-6-18(13-17)29-11-4-7-25-29/h3-7,10-14H,8-9H2,1-2H3,(H,24,30)(H,23,26,27). The van der Waals surface area contributed by atoms with Crippen molar-refractivity contribution in [3.05, 3.63) is 78.4 Å². The number of carbonyl (C=O) groups is 1. The first-order valence-corrected chi connectivity index (χ1v) is 9.58. The molecule has 0 spiro atoms. The predicted molar refractivity (Wildman–Crippen MR) is 113 cm³/mol. The molecule has 1 amide bonds. The van der Waals surface area contributed by atoms with Crippen LogP contribution in [0.4, 0.5) is 5.82 Å². The summed E-state index contributed by atoms with van der Waals surface area (Å²) in [6, 6.07) is 11.0. The van der Waals surface area contributed by atoms with E-state index in [-0.39, 0.29) is 5.91 Å². The largest absolute Gasteiger partial charge is 0.368 e. The van der Waals surface area contributed by atoms with Crippen molar-refractivity contribution < 1.29 is 4.79 Å². The van der Waals surface area contributed by atoms with Gasteiger partial charge >= 0.3 is 0 Å². The smallest absolute Gasteiger partial charge is 0.251 e. The Balaban J connectivity index is 1.34. The van der Waals surface area contributed by atoms with Crippen molar-refractivity contribution in [2.24, 2.45) is 0 Å². The number of imidazole rings is 1. The van der Waals surface area contributed by atoms with Gasteiger partial charge in [0, 0.05) is 49.5 Å². The molecule has 30 heavy (non-hydrogen) atoms. The molecule has 0 saturated carbocycles. The molecule has 2 N–H and O–H groups in total. The van der Waals surface area contributed by atoms with E-state index in [4.69, 9.17) is 0 Å². The van der Waals surface area contributed by atoms with Crippen LogP contribution < -0.4 is 10.6 Å². The van der Waals surface area contributed by atoms with Crippen molar-refractivity contribution in [1.82, 2.24) is 34.6 Å². The van der Waals surface area contributed by atoms with Crippen LogP contribution in [0.5, 0.6) is 0 Å². The zero-order valence-corrected chi connectivity index (χ0v) is 16.8. The van der Waals surface area contributed by atoms with Gasteiger partial charge in [-0.1, -0.05) is 6.07 Å². The molecule has 0 unspecified atom stereocenters. The van der Waals surface area contributed by atoms with Gasteiger partial charge in [0.15, 0.2) is 0 Å². The predicted octanol–water partition coefficient (Wildman–Crippen LogP) is 2.31. The van der Waals surface area contributed by atoms with Gasteiger partial charge in [0.1, 0.15) is 23.3 Å². The fourth-order valence-electron chi connectivity index (χ4n) is 3.07. The van der Waals surface area contributed by atoms with Gasteiger partial charge in [-0.3, -0.25) is 9.36 Å². The van der Waals surface area contributed by atoms with Crippen LogP contribution in [0.25, 0.3) is 11.5 Å². The Morgan fingerprint density at radius 1 is 1.03 bits per heavy atom. The monoisotopic (exact) mass is 402 g/mol. The number of amides is 1. The van der Waals surface area contributed by atoms with Crippen LogP contribution in [0.1, 0.15) is 22.0 Å². The molecule has 0 aliphatic carbocycles. The van der Waals surface area contributed by atoms with Gasteiger partial charge in [-0.15, -0.1) is 0 Å². The Bertz CT molecular complexity index is 1150. The van der Waals surface area contributed by atoms with Crippen LogP contribution in [0.15, 0.2) is 61.2 Å². The molecule has 4 aromatic rings. The maximum absolute atomic E-state index is 12.5. The summed E-state index contributed by atoms with van der Waals surface area (Å²) in [4.78, 5) is 25.6. The van der Waals surface area contributed by atoms with Crippen molar-refractivity contribution in [2.45, 2.75) is 13.8 Å². The zero-order chi connectivity index (χ0) is 20.9. The lowest BCUT2D eigenvalue weighted by molar-refractivity contribution is 0.0955. The Morgan fingerprint density at radius 2 is 1.93 bits per heavy atom. The molecule has 0 radical (unpaired) electrons. The van der Waals surface area contributed by atoms with Gasteiger partial charge in [0.2, 0.25) is 0 Å². The van der Waals surface area contributed by atoms with Gasteiger partial charge < -0.3 is 10.6 Å². The normalized spacial score (nSPS) is 10.7. The minimum Gasteiger partial charge on any atom is -0.368 e. The summed E-state index contributed by atoms with van der Waals surface area (Å²) in [6.07, 6.45) is 7.13. The van der Waals surface area contributed by atoms with Gasteiger partial charge in [0.25, 0.3) is 5.91 Å². The fraction of sp³-hybridized carbons (Fsp3) is 0.190. The Hall–Kier alpha value is -4.01. The van der Waals surface area contributed by atoms with Crippen molar-refractivity contribution >= 4 is 11.7 Å². The van der Waals surface area contributed by atoms with E-state index in [0.717, 1.165) is 17.3 Å². The maximum atomic E-state index is 12.5. The molecule has 0 saturated heterocycles. The molecule has 4 rings (SSSR count). The first-order valence-electron chi connectivity index (χ1n) is 9.58. The van der Waals surface area contributed by atoms with Crippen LogP contribution in [0.2, 0.25) is 0 Å². The molecule has 1 aromatic carbocycles. The summed E-state index contributed by atoms with van der Waals surface area (Å²) in [5.74, 6) is 2.81. The highest BCUT2D eigenvalue weighted by Crippen LogP contribution is 2.13. The summed E-state index contributed by atoms with van der Waals surface area (Å²) in [5.41, 5.74) is 1.42. The topological polar surface area (TPSA) is 103 Å². The first-order chi connectivity index (χ1) is 14.6. The highest BCUT2D eigenvalue weighted by atomic mass is 16.1. The number of hydrogen-bond donors (Lipinski definition) is 2. The summed E-state index contributed by atoms with van der Waals surface area (Å²) in [7, 11) is 0. The second-order valence-electron chi connectivity index (χ2n) is 6.69. The maximum Gasteiger partial charge on any atom is 0.251 e. The SMILES string of the molecule is Cc1nc(NCCNC(=O)c2cccc(-n3cccn3)c2)cc(-n2ccnc2C)n1. The number of carbonyl (C=O) groups excluding carboxylic acids is 1. The lowest BCUT2D eigenvalue weighted by Crippen LogP contribution is -2.29. The second-order valence-corrected chi connectivity index (χ2v) is 6.69. The highest BCUT2D eigenvalue weighted by molar-refractivity contribution is 5.94. The summed E-state index contributed by atoms with van der Waals surface area (Å²) in [5, 5.41) is 10.3. The molecule has 9 heteroatoms. The molecular weight excluding hydrogens is 380 g/mol. The van der Waals surface area contributed by atoms with Crippen molar-refractivity contribution in [2.75, 3.05) is 18.4 Å². The Morgan fingerprint density at radius 3 is 2.70 bits per heavy atom. The van der Waals surface area contributed by atoms with Gasteiger partial charge in [-0.2, -0.15) is 5.10 Å². The first kappa shape index (κ1) is 19.3. The minimum atomic E-state index is -0.139. The average molecular weight is 402 g/mol. The molecule has 0 bridgehead atoms. The van der Waals surface area contributed by atoms with E-state index in [1.165, 1.54) is 0 Å². The van der Waals surface area contributed by atoms with Crippen molar-refractivity contribution in [3.63, 3.8) is 0 Å². The lowest BCUT2D eigenvalue weighted by Gasteiger charge is -2.11. The Labute approximate surface area is 173 Å². The molecule has 0 aliphatic heterocycles. The van der Waals surface area contributed by atoms with E-state index in [0.29, 0.717) is 30.3 Å². The second kappa shape index (κ2) is 8.56.